The summed E-state index contributed by atoms with van der Waals surface area (Å²) >= 11 is 0. The van der Waals surface area contributed by atoms with Crippen molar-refractivity contribution in [3.63, 3.8) is 0 Å². The summed E-state index contributed by atoms with van der Waals surface area (Å²) in [7, 11) is 0. The van der Waals surface area contributed by atoms with Crippen LogP contribution in [0.15, 0.2) is 0 Å². The molecule has 2 rings (SSSR count). The molecular formula is C14H24O3. The van der Waals surface area contributed by atoms with Gasteiger partial charge in [-0.15, -0.1) is 0 Å². The van der Waals surface area contributed by atoms with Crippen LogP contribution in [-0.4, -0.2) is 24.3 Å². The van der Waals surface area contributed by atoms with Gasteiger partial charge in [0.15, 0.2) is 0 Å². The van der Waals surface area contributed by atoms with Crippen LogP contribution in [0.1, 0.15) is 51.9 Å². The average molecular weight is 240 g/mol. The van der Waals surface area contributed by atoms with E-state index in [1.54, 1.807) is 0 Å². The highest BCUT2D eigenvalue weighted by atomic mass is 16.5. The first-order chi connectivity index (χ1) is 8.16. The van der Waals surface area contributed by atoms with Crippen molar-refractivity contribution in [2.24, 2.45) is 17.3 Å². The molecule has 3 unspecified atom stereocenters. The number of rotatable bonds is 4. The predicted octanol–water partition coefficient (Wildman–Crippen LogP) is 3.08. The maximum absolute atomic E-state index is 11.7. The number of carbonyl (C=O) groups is 1. The third-order valence-electron chi connectivity index (χ3n) is 4.68. The molecule has 0 spiro atoms. The summed E-state index contributed by atoms with van der Waals surface area (Å²) in [5.41, 5.74) is -0.447. The molecule has 1 heterocycles. The average Bonchev–Trinajstić information content (AvgIpc) is 2.81. The number of ether oxygens (including phenoxy) is 1. The second kappa shape index (κ2) is 5.38. The minimum atomic E-state index is -0.567. The van der Waals surface area contributed by atoms with Gasteiger partial charge >= 0.3 is 5.97 Å². The van der Waals surface area contributed by atoms with Gasteiger partial charge in [0.25, 0.3) is 0 Å². The molecule has 0 aromatic rings. The van der Waals surface area contributed by atoms with Crippen molar-refractivity contribution < 1.29 is 14.6 Å². The van der Waals surface area contributed by atoms with E-state index in [0.29, 0.717) is 11.8 Å². The Bertz CT molecular complexity index is 271. The van der Waals surface area contributed by atoms with Crippen molar-refractivity contribution in [2.75, 3.05) is 13.2 Å². The smallest absolute Gasteiger partial charge is 0.309 e. The summed E-state index contributed by atoms with van der Waals surface area (Å²) in [6.07, 6.45) is 7.05. The summed E-state index contributed by atoms with van der Waals surface area (Å²) in [6, 6.07) is 0. The maximum atomic E-state index is 11.7. The van der Waals surface area contributed by atoms with Gasteiger partial charge in [-0.2, -0.15) is 0 Å². The molecular weight excluding hydrogens is 216 g/mol. The molecule has 0 amide bonds. The van der Waals surface area contributed by atoms with E-state index in [0.717, 1.165) is 51.7 Å². The van der Waals surface area contributed by atoms with Crippen LogP contribution in [0.25, 0.3) is 0 Å². The standard InChI is InChI=1S/C14H24O3/c1-2-11-4-3-6-14(8-11,13(15)16)9-12-5-7-17-10-12/h11-12H,2-10H2,1H3,(H,15,16). The Hall–Kier alpha value is -0.570. The monoisotopic (exact) mass is 240 g/mol. The first-order valence-corrected chi connectivity index (χ1v) is 6.97. The fourth-order valence-corrected chi connectivity index (χ4v) is 3.60. The fraction of sp³-hybridized carbons (Fsp3) is 0.929. The third kappa shape index (κ3) is 2.82. The zero-order valence-electron chi connectivity index (χ0n) is 10.8. The Labute approximate surface area is 104 Å². The Morgan fingerprint density at radius 3 is 2.82 bits per heavy atom. The van der Waals surface area contributed by atoms with Crippen molar-refractivity contribution in [3.05, 3.63) is 0 Å². The molecule has 98 valence electrons. The first kappa shape index (κ1) is 12.9. The highest BCUT2D eigenvalue weighted by molar-refractivity contribution is 5.74. The predicted molar refractivity (Wildman–Crippen MR) is 65.9 cm³/mol. The number of carboxylic acids is 1. The fourth-order valence-electron chi connectivity index (χ4n) is 3.60. The van der Waals surface area contributed by atoms with Crippen LogP contribution < -0.4 is 0 Å². The normalized spacial score (nSPS) is 38.2. The van der Waals surface area contributed by atoms with Crippen molar-refractivity contribution >= 4 is 5.97 Å². The summed E-state index contributed by atoms with van der Waals surface area (Å²) in [4.78, 5) is 11.7. The van der Waals surface area contributed by atoms with E-state index < -0.39 is 11.4 Å². The Morgan fingerprint density at radius 2 is 2.24 bits per heavy atom. The first-order valence-electron chi connectivity index (χ1n) is 6.97. The molecule has 3 heteroatoms. The molecule has 1 aliphatic heterocycles. The van der Waals surface area contributed by atoms with Crippen LogP contribution in [0.5, 0.6) is 0 Å². The topological polar surface area (TPSA) is 46.5 Å². The molecule has 0 aromatic carbocycles. The van der Waals surface area contributed by atoms with Crippen molar-refractivity contribution in [1.29, 1.82) is 0 Å². The van der Waals surface area contributed by atoms with Gasteiger partial charge in [0.05, 0.1) is 5.41 Å². The van der Waals surface area contributed by atoms with Crippen LogP contribution in [-0.2, 0) is 9.53 Å². The zero-order chi connectivity index (χ0) is 12.3. The van der Waals surface area contributed by atoms with Gasteiger partial charge in [0, 0.05) is 13.2 Å². The summed E-state index contributed by atoms with van der Waals surface area (Å²) in [6.45, 7) is 3.77. The van der Waals surface area contributed by atoms with E-state index in [4.69, 9.17) is 4.74 Å². The van der Waals surface area contributed by atoms with Crippen LogP contribution in [0.3, 0.4) is 0 Å². The van der Waals surface area contributed by atoms with Crippen molar-refractivity contribution in [1.82, 2.24) is 0 Å². The summed E-state index contributed by atoms with van der Waals surface area (Å²) < 4.78 is 5.38. The second-order valence-corrected chi connectivity index (χ2v) is 5.89. The Kier molecular flexibility index (Phi) is 4.08. The molecule has 3 nitrogen and oxygen atoms in total. The van der Waals surface area contributed by atoms with E-state index >= 15 is 0 Å². The van der Waals surface area contributed by atoms with Gasteiger partial charge in [-0.1, -0.05) is 26.2 Å². The molecule has 3 atom stereocenters. The molecule has 0 aromatic heterocycles. The van der Waals surface area contributed by atoms with E-state index in [2.05, 4.69) is 6.92 Å². The molecule has 1 saturated heterocycles. The Balaban J connectivity index is 2.05. The molecule has 2 aliphatic rings. The van der Waals surface area contributed by atoms with Crippen molar-refractivity contribution in [2.45, 2.75) is 51.9 Å². The number of hydrogen-bond donors (Lipinski definition) is 1. The molecule has 1 saturated carbocycles. The van der Waals surface area contributed by atoms with Gasteiger partial charge in [0.1, 0.15) is 0 Å². The lowest BCUT2D eigenvalue weighted by Crippen LogP contribution is -2.38. The summed E-state index contributed by atoms with van der Waals surface area (Å²) in [5, 5.41) is 9.62. The molecule has 0 radical (unpaired) electrons. The third-order valence-corrected chi connectivity index (χ3v) is 4.68. The molecule has 0 bridgehead atoms. The summed E-state index contributed by atoms with van der Waals surface area (Å²) in [5.74, 6) is 0.520. The number of aliphatic carboxylic acids is 1. The largest absolute Gasteiger partial charge is 0.481 e. The maximum Gasteiger partial charge on any atom is 0.309 e. The van der Waals surface area contributed by atoms with Crippen LogP contribution >= 0.6 is 0 Å². The zero-order valence-corrected chi connectivity index (χ0v) is 10.8. The lowest BCUT2D eigenvalue weighted by molar-refractivity contribution is -0.153. The number of carboxylic acid groups (broad SMARTS) is 1. The van der Waals surface area contributed by atoms with Gasteiger partial charge < -0.3 is 9.84 Å². The minimum absolute atomic E-state index is 0.447. The van der Waals surface area contributed by atoms with E-state index in [1.807, 2.05) is 0 Å². The second-order valence-electron chi connectivity index (χ2n) is 5.89. The number of hydrogen-bond acceptors (Lipinski definition) is 2. The van der Waals surface area contributed by atoms with Gasteiger partial charge in [-0.25, -0.2) is 0 Å². The van der Waals surface area contributed by atoms with E-state index in [9.17, 15) is 9.90 Å². The molecule has 1 N–H and O–H groups in total. The van der Waals surface area contributed by atoms with E-state index in [-0.39, 0.29) is 0 Å². The van der Waals surface area contributed by atoms with Crippen LogP contribution in [0.4, 0.5) is 0 Å². The highest BCUT2D eigenvalue weighted by Crippen LogP contribution is 2.46. The van der Waals surface area contributed by atoms with Crippen LogP contribution in [0.2, 0.25) is 0 Å². The van der Waals surface area contributed by atoms with E-state index in [1.165, 1.54) is 6.42 Å². The van der Waals surface area contributed by atoms with Crippen LogP contribution in [0, 0.1) is 17.3 Å². The SMILES string of the molecule is CCC1CCCC(CC2CCOC2)(C(=O)O)C1. The van der Waals surface area contributed by atoms with Gasteiger partial charge in [-0.3, -0.25) is 4.79 Å². The lowest BCUT2D eigenvalue weighted by Gasteiger charge is -2.38. The Morgan fingerprint density at radius 1 is 1.41 bits per heavy atom. The quantitative estimate of drug-likeness (QED) is 0.821. The van der Waals surface area contributed by atoms with Gasteiger partial charge in [0.2, 0.25) is 0 Å². The molecule has 17 heavy (non-hydrogen) atoms. The molecule has 2 fully saturated rings. The van der Waals surface area contributed by atoms with Gasteiger partial charge in [-0.05, 0) is 37.5 Å². The highest BCUT2D eigenvalue weighted by Gasteiger charge is 2.44. The minimum Gasteiger partial charge on any atom is -0.481 e. The van der Waals surface area contributed by atoms with Crippen molar-refractivity contribution in [3.8, 4) is 0 Å². The lowest BCUT2D eigenvalue weighted by atomic mass is 9.65. The molecule has 1 aliphatic carbocycles.